The smallest absolute Gasteiger partial charge is 0.286 e. The van der Waals surface area contributed by atoms with Gasteiger partial charge >= 0.3 is 7.82 Å². The van der Waals surface area contributed by atoms with E-state index in [2.05, 4.69) is 5.48 Å². The maximum Gasteiger partial charge on any atom is 0.496 e. The Morgan fingerprint density at radius 3 is 2.06 bits per heavy atom. The van der Waals surface area contributed by atoms with Crippen LogP contribution in [0.5, 0.6) is 0 Å². The van der Waals surface area contributed by atoms with E-state index in [1.165, 1.54) is 0 Å². The number of phosphoric acid groups is 1. The van der Waals surface area contributed by atoms with Gasteiger partial charge < -0.3 is 0 Å². The third-order valence-electron chi connectivity index (χ3n) is 2.32. The fourth-order valence-electron chi connectivity index (χ4n) is 0.802. The van der Waals surface area contributed by atoms with Gasteiger partial charge in [-0.1, -0.05) is 33.0 Å². The van der Waals surface area contributed by atoms with E-state index in [1.54, 1.807) is 13.8 Å². The lowest BCUT2D eigenvalue weighted by Crippen LogP contribution is -2.34. The normalized spacial score (nSPS) is 12.5. The summed E-state index contributed by atoms with van der Waals surface area (Å²) in [6.07, 6.45) is 0.843. The summed E-state index contributed by atoms with van der Waals surface area (Å²) in [5.41, 5.74) is 2.28. The molecular formula is C10H22NO4PS. The lowest BCUT2D eigenvalue weighted by Gasteiger charge is -2.25. The third kappa shape index (κ3) is 5.93. The standard InChI is InChI=1S/C10H22NO4PS/c1-6-10(4,5)9(17)11-15-16(12,13-7-2)14-8-3/h6-8H2,1-5H3,(H,11,17). The van der Waals surface area contributed by atoms with Gasteiger partial charge in [0.2, 0.25) is 0 Å². The molecule has 7 heteroatoms. The molecule has 0 rings (SSSR count). The van der Waals surface area contributed by atoms with Crippen molar-refractivity contribution in [1.29, 1.82) is 0 Å². The first kappa shape index (κ1) is 17.0. The molecule has 1 N–H and O–H groups in total. The molecular weight excluding hydrogens is 261 g/mol. The monoisotopic (exact) mass is 283 g/mol. The van der Waals surface area contributed by atoms with Crippen LogP contribution in [-0.2, 0) is 18.2 Å². The molecule has 17 heavy (non-hydrogen) atoms. The van der Waals surface area contributed by atoms with Crippen molar-refractivity contribution in [3.63, 3.8) is 0 Å². The maximum atomic E-state index is 11.9. The molecule has 0 aliphatic carbocycles. The zero-order valence-electron chi connectivity index (χ0n) is 11.1. The van der Waals surface area contributed by atoms with Crippen molar-refractivity contribution in [1.82, 2.24) is 5.48 Å². The summed E-state index contributed by atoms with van der Waals surface area (Å²) < 4.78 is 26.8. The number of hydrogen-bond donors (Lipinski definition) is 1. The Hall–Kier alpha value is -0.0000000000000000278. The van der Waals surface area contributed by atoms with E-state index in [0.29, 0.717) is 4.99 Å². The summed E-state index contributed by atoms with van der Waals surface area (Å²) in [5, 5.41) is 0. The van der Waals surface area contributed by atoms with Gasteiger partial charge in [-0.2, -0.15) is 4.62 Å². The molecule has 0 saturated heterocycles. The Morgan fingerprint density at radius 2 is 1.71 bits per heavy atom. The summed E-state index contributed by atoms with van der Waals surface area (Å²) in [6.45, 7) is 9.85. The SMILES string of the molecule is CCOP(=O)(OCC)ONC(=S)C(C)(C)CC. The topological polar surface area (TPSA) is 56.8 Å². The molecule has 0 amide bonds. The molecule has 0 spiro atoms. The number of nitrogens with one attached hydrogen (secondary N) is 1. The molecule has 0 aliphatic heterocycles. The molecule has 0 atom stereocenters. The number of thiocarbonyl (C=S) groups is 1. The van der Waals surface area contributed by atoms with E-state index in [1.807, 2.05) is 20.8 Å². The average molecular weight is 283 g/mol. The Labute approximate surface area is 109 Å². The van der Waals surface area contributed by atoms with Crippen molar-refractivity contribution in [3.8, 4) is 0 Å². The molecule has 0 radical (unpaired) electrons. The Bertz CT molecular complexity index is 286. The summed E-state index contributed by atoms with van der Waals surface area (Å²) in [6, 6.07) is 0. The zero-order valence-corrected chi connectivity index (χ0v) is 12.8. The highest BCUT2D eigenvalue weighted by Crippen LogP contribution is 2.48. The molecule has 0 aromatic heterocycles. The second kappa shape index (κ2) is 7.44. The minimum Gasteiger partial charge on any atom is -0.286 e. The highest BCUT2D eigenvalue weighted by atomic mass is 32.1. The fraction of sp³-hybridized carbons (Fsp3) is 0.900. The molecule has 0 aromatic carbocycles. The van der Waals surface area contributed by atoms with E-state index in [0.717, 1.165) is 6.42 Å². The predicted octanol–water partition coefficient (Wildman–Crippen LogP) is 3.45. The highest BCUT2D eigenvalue weighted by Gasteiger charge is 2.29. The molecule has 0 bridgehead atoms. The average Bonchev–Trinajstić information content (AvgIpc) is 2.26. The molecule has 5 nitrogen and oxygen atoms in total. The summed E-state index contributed by atoms with van der Waals surface area (Å²) in [5.74, 6) is 0. The van der Waals surface area contributed by atoms with Crippen LogP contribution < -0.4 is 5.48 Å². The highest BCUT2D eigenvalue weighted by molar-refractivity contribution is 7.80. The first-order valence-corrected chi connectivity index (χ1v) is 7.56. The second-order valence-corrected chi connectivity index (χ2v) is 6.04. The molecule has 0 aromatic rings. The largest absolute Gasteiger partial charge is 0.496 e. The summed E-state index contributed by atoms with van der Waals surface area (Å²) >= 11 is 5.16. The zero-order chi connectivity index (χ0) is 13.5. The molecule has 0 aliphatic rings. The van der Waals surface area contributed by atoms with Crippen LogP contribution in [0.4, 0.5) is 0 Å². The Kier molecular flexibility index (Phi) is 7.44. The van der Waals surface area contributed by atoms with Gasteiger partial charge in [0, 0.05) is 5.41 Å². The van der Waals surface area contributed by atoms with E-state index < -0.39 is 7.82 Å². The van der Waals surface area contributed by atoms with Gasteiger partial charge in [-0.25, -0.2) is 10.0 Å². The molecule has 0 saturated carbocycles. The quantitative estimate of drug-likeness (QED) is 0.418. The van der Waals surface area contributed by atoms with E-state index >= 15 is 0 Å². The van der Waals surface area contributed by atoms with Crippen LogP contribution in [-0.4, -0.2) is 18.2 Å². The van der Waals surface area contributed by atoms with Crippen molar-refractivity contribution < 1.29 is 18.2 Å². The van der Waals surface area contributed by atoms with Crippen molar-refractivity contribution in [2.75, 3.05) is 13.2 Å². The summed E-state index contributed by atoms with van der Waals surface area (Å²) in [7, 11) is -3.55. The van der Waals surface area contributed by atoms with E-state index in [-0.39, 0.29) is 18.6 Å². The van der Waals surface area contributed by atoms with Gasteiger partial charge in [0.25, 0.3) is 0 Å². The molecule has 0 unspecified atom stereocenters. The number of rotatable bonds is 8. The van der Waals surface area contributed by atoms with Crippen LogP contribution in [0.2, 0.25) is 0 Å². The third-order valence-corrected chi connectivity index (χ3v) is 4.42. The lowest BCUT2D eigenvalue weighted by molar-refractivity contribution is 0.0984. The summed E-state index contributed by atoms with van der Waals surface area (Å²) in [4.78, 5) is 0.472. The number of hydrogen-bond acceptors (Lipinski definition) is 5. The van der Waals surface area contributed by atoms with Crippen LogP contribution in [0.3, 0.4) is 0 Å². The van der Waals surface area contributed by atoms with Crippen LogP contribution in [0.1, 0.15) is 41.0 Å². The van der Waals surface area contributed by atoms with Gasteiger partial charge in [0.05, 0.1) is 13.2 Å². The van der Waals surface area contributed by atoms with Crippen LogP contribution in [0, 0.1) is 5.41 Å². The molecule has 102 valence electrons. The fourth-order valence-corrected chi connectivity index (χ4v) is 2.07. The van der Waals surface area contributed by atoms with Crippen LogP contribution in [0.25, 0.3) is 0 Å². The van der Waals surface area contributed by atoms with Crippen LogP contribution >= 0.6 is 20.0 Å². The van der Waals surface area contributed by atoms with Crippen molar-refractivity contribution in [3.05, 3.63) is 0 Å². The lowest BCUT2D eigenvalue weighted by atomic mass is 9.90. The van der Waals surface area contributed by atoms with E-state index in [9.17, 15) is 4.57 Å². The van der Waals surface area contributed by atoms with Gasteiger partial charge in [-0.15, -0.1) is 0 Å². The Balaban J connectivity index is 4.41. The number of hydroxylamine groups is 1. The molecule has 0 heterocycles. The first-order valence-electron chi connectivity index (χ1n) is 5.69. The minimum atomic E-state index is -3.55. The van der Waals surface area contributed by atoms with E-state index in [4.69, 9.17) is 25.9 Å². The first-order chi connectivity index (χ1) is 7.81. The Morgan fingerprint density at radius 1 is 1.24 bits per heavy atom. The van der Waals surface area contributed by atoms with Gasteiger partial charge in [0.15, 0.2) is 0 Å². The molecule has 0 fully saturated rings. The second-order valence-electron chi connectivity index (χ2n) is 4.04. The van der Waals surface area contributed by atoms with Gasteiger partial charge in [0.1, 0.15) is 4.99 Å². The van der Waals surface area contributed by atoms with Gasteiger partial charge in [-0.3, -0.25) is 9.05 Å². The van der Waals surface area contributed by atoms with Crippen molar-refractivity contribution in [2.45, 2.75) is 41.0 Å². The predicted molar refractivity (Wildman–Crippen MR) is 71.7 cm³/mol. The minimum absolute atomic E-state index is 0.224. The number of phosphoric ester groups is 1. The van der Waals surface area contributed by atoms with Crippen molar-refractivity contribution >= 4 is 25.0 Å². The van der Waals surface area contributed by atoms with Crippen molar-refractivity contribution in [2.24, 2.45) is 5.41 Å². The van der Waals surface area contributed by atoms with Gasteiger partial charge in [-0.05, 0) is 20.3 Å². The van der Waals surface area contributed by atoms with Crippen LogP contribution in [0.15, 0.2) is 0 Å². The maximum absolute atomic E-state index is 11.9.